The van der Waals surface area contributed by atoms with Gasteiger partial charge in [0.15, 0.2) is 0 Å². The number of nitrogens with zero attached hydrogens (tertiary/aromatic N) is 2. The molecular formula is C11H11N3. The fourth-order valence-corrected chi connectivity index (χ4v) is 1.21. The summed E-state index contributed by atoms with van der Waals surface area (Å²) >= 11 is 0. The Hall–Kier alpha value is -1.90. The van der Waals surface area contributed by atoms with E-state index in [0.29, 0.717) is 5.82 Å². The van der Waals surface area contributed by atoms with Crippen LogP contribution in [-0.4, -0.2) is 9.97 Å². The second-order valence-electron chi connectivity index (χ2n) is 3.19. The van der Waals surface area contributed by atoms with Crippen LogP contribution in [-0.2, 0) is 0 Å². The molecule has 0 aliphatic rings. The Balaban J connectivity index is 2.40. The van der Waals surface area contributed by atoms with Crippen molar-refractivity contribution in [3.63, 3.8) is 0 Å². The third kappa shape index (κ3) is 1.71. The molecule has 2 rings (SSSR count). The third-order valence-electron chi connectivity index (χ3n) is 2.02. The van der Waals surface area contributed by atoms with Crippen LogP contribution in [0.3, 0.4) is 0 Å². The van der Waals surface area contributed by atoms with Crippen LogP contribution in [0.4, 0.5) is 5.82 Å². The lowest BCUT2D eigenvalue weighted by molar-refractivity contribution is 1.21. The van der Waals surface area contributed by atoms with Crippen molar-refractivity contribution in [2.24, 2.45) is 0 Å². The molecule has 0 bridgehead atoms. The van der Waals surface area contributed by atoms with Crippen molar-refractivity contribution in [1.29, 1.82) is 0 Å². The summed E-state index contributed by atoms with van der Waals surface area (Å²) in [5.41, 5.74) is 8.59. The lowest BCUT2D eigenvalue weighted by Crippen LogP contribution is -1.92. The first-order valence-electron chi connectivity index (χ1n) is 4.40. The van der Waals surface area contributed by atoms with Gasteiger partial charge in [-0.15, -0.1) is 0 Å². The summed E-state index contributed by atoms with van der Waals surface area (Å²) in [5, 5.41) is 0. The molecule has 1 aromatic heterocycles. The molecular weight excluding hydrogens is 174 g/mol. The monoisotopic (exact) mass is 185 g/mol. The summed E-state index contributed by atoms with van der Waals surface area (Å²) in [6.45, 7) is 2.05. The highest BCUT2D eigenvalue weighted by Crippen LogP contribution is 2.16. The Bertz CT molecular complexity index is 374. The minimum absolute atomic E-state index is 0.445. The minimum atomic E-state index is 0.445. The zero-order valence-corrected chi connectivity index (χ0v) is 7.94. The SMILES string of the molecule is Cc1ccc(-c2cnc(N)cn2)cc1. The van der Waals surface area contributed by atoms with Crippen LogP contribution in [0.5, 0.6) is 0 Å². The summed E-state index contributed by atoms with van der Waals surface area (Å²) in [4.78, 5) is 8.18. The van der Waals surface area contributed by atoms with Gasteiger partial charge in [-0.05, 0) is 6.92 Å². The lowest BCUT2D eigenvalue weighted by atomic mass is 10.1. The van der Waals surface area contributed by atoms with Crippen molar-refractivity contribution in [3.05, 3.63) is 42.2 Å². The maximum atomic E-state index is 5.46. The Morgan fingerprint density at radius 2 is 1.71 bits per heavy atom. The van der Waals surface area contributed by atoms with Gasteiger partial charge in [0, 0.05) is 5.56 Å². The van der Waals surface area contributed by atoms with Gasteiger partial charge in [-0.2, -0.15) is 0 Å². The maximum absolute atomic E-state index is 5.46. The molecule has 0 radical (unpaired) electrons. The van der Waals surface area contributed by atoms with Gasteiger partial charge < -0.3 is 5.73 Å². The van der Waals surface area contributed by atoms with E-state index in [2.05, 4.69) is 16.9 Å². The van der Waals surface area contributed by atoms with Gasteiger partial charge >= 0.3 is 0 Å². The van der Waals surface area contributed by atoms with E-state index in [9.17, 15) is 0 Å². The summed E-state index contributed by atoms with van der Waals surface area (Å²) in [6, 6.07) is 8.14. The minimum Gasteiger partial charge on any atom is -0.382 e. The van der Waals surface area contributed by atoms with Crippen LogP contribution in [0.15, 0.2) is 36.7 Å². The number of aryl methyl sites for hydroxylation is 1. The zero-order valence-electron chi connectivity index (χ0n) is 7.94. The number of anilines is 1. The fourth-order valence-electron chi connectivity index (χ4n) is 1.21. The Kier molecular flexibility index (Phi) is 2.14. The fraction of sp³-hybridized carbons (Fsp3) is 0.0909. The van der Waals surface area contributed by atoms with Gasteiger partial charge in [-0.25, -0.2) is 4.98 Å². The van der Waals surface area contributed by atoms with E-state index in [4.69, 9.17) is 5.73 Å². The molecule has 2 aromatic rings. The van der Waals surface area contributed by atoms with Gasteiger partial charge in [0.2, 0.25) is 0 Å². The van der Waals surface area contributed by atoms with E-state index in [1.807, 2.05) is 24.3 Å². The second-order valence-corrected chi connectivity index (χ2v) is 3.19. The van der Waals surface area contributed by atoms with Crippen LogP contribution in [0.25, 0.3) is 11.3 Å². The molecule has 0 atom stereocenters. The maximum Gasteiger partial charge on any atom is 0.141 e. The molecule has 0 saturated carbocycles. The van der Waals surface area contributed by atoms with Crippen LogP contribution in [0.1, 0.15) is 5.56 Å². The molecule has 0 aliphatic heterocycles. The predicted octanol–water partition coefficient (Wildman–Crippen LogP) is 2.03. The Morgan fingerprint density at radius 3 is 2.29 bits per heavy atom. The molecule has 0 spiro atoms. The van der Waals surface area contributed by atoms with E-state index < -0.39 is 0 Å². The predicted molar refractivity (Wildman–Crippen MR) is 56.6 cm³/mol. The van der Waals surface area contributed by atoms with Crippen molar-refractivity contribution in [2.75, 3.05) is 5.73 Å². The van der Waals surface area contributed by atoms with Crippen molar-refractivity contribution < 1.29 is 0 Å². The Labute approximate surface area is 82.6 Å². The van der Waals surface area contributed by atoms with Crippen LogP contribution >= 0.6 is 0 Å². The van der Waals surface area contributed by atoms with Gasteiger partial charge in [0.05, 0.1) is 18.1 Å². The van der Waals surface area contributed by atoms with Crippen molar-refractivity contribution in [1.82, 2.24) is 9.97 Å². The standard InChI is InChI=1S/C11H11N3/c1-8-2-4-9(5-3-8)10-6-14-11(12)7-13-10/h2-7H,1H3,(H2,12,14). The average Bonchev–Trinajstić information content (AvgIpc) is 2.21. The van der Waals surface area contributed by atoms with E-state index in [1.165, 1.54) is 5.56 Å². The Morgan fingerprint density at radius 1 is 1.00 bits per heavy atom. The van der Waals surface area contributed by atoms with Crippen LogP contribution < -0.4 is 5.73 Å². The van der Waals surface area contributed by atoms with Gasteiger partial charge in [0.1, 0.15) is 5.82 Å². The van der Waals surface area contributed by atoms with E-state index >= 15 is 0 Å². The molecule has 0 fully saturated rings. The first-order chi connectivity index (χ1) is 6.75. The largest absolute Gasteiger partial charge is 0.382 e. The number of benzene rings is 1. The first-order valence-corrected chi connectivity index (χ1v) is 4.40. The van der Waals surface area contributed by atoms with E-state index in [-0.39, 0.29) is 0 Å². The first kappa shape index (κ1) is 8.69. The second kappa shape index (κ2) is 3.46. The molecule has 0 amide bonds. The van der Waals surface area contributed by atoms with Gasteiger partial charge in [0.25, 0.3) is 0 Å². The van der Waals surface area contributed by atoms with Gasteiger partial charge in [-0.3, -0.25) is 4.98 Å². The lowest BCUT2D eigenvalue weighted by Gasteiger charge is -2.00. The summed E-state index contributed by atoms with van der Waals surface area (Å²) < 4.78 is 0. The number of aromatic nitrogens is 2. The molecule has 0 saturated heterocycles. The van der Waals surface area contributed by atoms with Gasteiger partial charge in [-0.1, -0.05) is 29.8 Å². The zero-order chi connectivity index (χ0) is 9.97. The normalized spacial score (nSPS) is 10.1. The summed E-state index contributed by atoms with van der Waals surface area (Å²) in [5.74, 6) is 0.445. The number of nitrogens with two attached hydrogens (primary N) is 1. The molecule has 1 aromatic carbocycles. The molecule has 3 nitrogen and oxygen atoms in total. The molecule has 14 heavy (non-hydrogen) atoms. The van der Waals surface area contributed by atoms with E-state index in [1.54, 1.807) is 12.4 Å². The quantitative estimate of drug-likeness (QED) is 0.739. The highest BCUT2D eigenvalue weighted by molar-refractivity contribution is 5.58. The highest BCUT2D eigenvalue weighted by Gasteiger charge is 1.98. The number of hydrogen-bond donors (Lipinski definition) is 1. The van der Waals surface area contributed by atoms with Crippen molar-refractivity contribution in [2.45, 2.75) is 6.92 Å². The topological polar surface area (TPSA) is 51.8 Å². The van der Waals surface area contributed by atoms with Crippen molar-refractivity contribution >= 4 is 5.82 Å². The molecule has 1 heterocycles. The molecule has 0 aliphatic carbocycles. The number of rotatable bonds is 1. The average molecular weight is 185 g/mol. The highest BCUT2D eigenvalue weighted by atomic mass is 14.9. The van der Waals surface area contributed by atoms with Crippen LogP contribution in [0.2, 0.25) is 0 Å². The van der Waals surface area contributed by atoms with Crippen molar-refractivity contribution in [3.8, 4) is 11.3 Å². The molecule has 3 heteroatoms. The smallest absolute Gasteiger partial charge is 0.141 e. The molecule has 2 N–H and O–H groups in total. The molecule has 70 valence electrons. The van der Waals surface area contributed by atoms with Crippen LogP contribution in [0, 0.1) is 6.92 Å². The number of hydrogen-bond acceptors (Lipinski definition) is 3. The molecule has 0 unspecified atom stereocenters. The van der Waals surface area contributed by atoms with E-state index in [0.717, 1.165) is 11.3 Å². The number of nitrogen functional groups attached to an aromatic ring is 1. The third-order valence-corrected chi connectivity index (χ3v) is 2.02. The summed E-state index contributed by atoms with van der Waals surface area (Å²) in [7, 11) is 0. The summed E-state index contributed by atoms with van der Waals surface area (Å²) in [6.07, 6.45) is 3.25.